The van der Waals surface area contributed by atoms with E-state index in [4.69, 9.17) is 9.47 Å². The first-order valence-electron chi connectivity index (χ1n) is 9.04. The maximum absolute atomic E-state index is 11.9. The van der Waals surface area contributed by atoms with E-state index >= 15 is 0 Å². The van der Waals surface area contributed by atoms with E-state index in [9.17, 15) is 9.59 Å². The zero-order chi connectivity index (χ0) is 19.8. The molecule has 5 nitrogen and oxygen atoms in total. The first-order valence-corrected chi connectivity index (χ1v) is 9.04. The van der Waals surface area contributed by atoms with Gasteiger partial charge in [0.15, 0.2) is 13.2 Å². The molecule has 0 bridgehead atoms. The number of hydrogen-bond donors (Lipinski definition) is 1. The van der Waals surface area contributed by atoms with Crippen LogP contribution in [0.3, 0.4) is 0 Å². The van der Waals surface area contributed by atoms with E-state index in [1.165, 1.54) is 0 Å². The molecule has 1 N–H and O–H groups in total. The van der Waals surface area contributed by atoms with Crippen molar-refractivity contribution in [3.8, 4) is 5.75 Å². The van der Waals surface area contributed by atoms with E-state index in [1.807, 2.05) is 70.2 Å². The molecule has 1 atom stereocenters. The number of amides is 1. The van der Waals surface area contributed by atoms with E-state index in [0.29, 0.717) is 12.3 Å². The van der Waals surface area contributed by atoms with Gasteiger partial charge in [0, 0.05) is 6.54 Å². The first-order chi connectivity index (χ1) is 12.9. The molecule has 0 fully saturated rings. The highest BCUT2D eigenvalue weighted by Crippen LogP contribution is 2.24. The predicted molar refractivity (Wildman–Crippen MR) is 105 cm³/mol. The molecule has 0 saturated carbocycles. The van der Waals surface area contributed by atoms with Crippen molar-refractivity contribution in [2.45, 2.75) is 33.6 Å². The minimum Gasteiger partial charge on any atom is -0.481 e. The van der Waals surface area contributed by atoms with Gasteiger partial charge in [-0.1, -0.05) is 55.0 Å². The van der Waals surface area contributed by atoms with E-state index < -0.39 is 5.97 Å². The Labute approximate surface area is 160 Å². The van der Waals surface area contributed by atoms with Gasteiger partial charge in [-0.2, -0.15) is 0 Å². The average molecular weight is 369 g/mol. The lowest BCUT2D eigenvalue weighted by molar-refractivity contribution is -0.150. The topological polar surface area (TPSA) is 64.6 Å². The van der Waals surface area contributed by atoms with E-state index in [1.54, 1.807) is 0 Å². The maximum Gasteiger partial charge on any atom is 0.344 e. The smallest absolute Gasteiger partial charge is 0.344 e. The predicted octanol–water partition coefficient (Wildman–Crippen LogP) is 3.45. The zero-order valence-corrected chi connectivity index (χ0v) is 16.4. The summed E-state index contributed by atoms with van der Waals surface area (Å²) in [6, 6.07) is 13.9. The molecule has 0 saturated heterocycles. The fourth-order valence-corrected chi connectivity index (χ4v) is 2.93. The first kappa shape index (κ1) is 20.5. The Kier molecular flexibility index (Phi) is 7.41. The van der Waals surface area contributed by atoms with Crippen LogP contribution in [-0.2, 0) is 14.3 Å². The highest BCUT2D eigenvalue weighted by Gasteiger charge is 2.12. The van der Waals surface area contributed by atoms with Crippen LogP contribution in [0.1, 0.15) is 35.1 Å². The number of aryl methyl sites for hydroxylation is 3. The van der Waals surface area contributed by atoms with Gasteiger partial charge in [-0.05, 0) is 43.4 Å². The Morgan fingerprint density at radius 1 is 1.00 bits per heavy atom. The van der Waals surface area contributed by atoms with Gasteiger partial charge in [0.2, 0.25) is 0 Å². The van der Waals surface area contributed by atoms with Crippen LogP contribution < -0.4 is 10.1 Å². The number of rotatable bonds is 8. The van der Waals surface area contributed by atoms with Crippen molar-refractivity contribution in [1.82, 2.24) is 5.32 Å². The van der Waals surface area contributed by atoms with Gasteiger partial charge in [-0.25, -0.2) is 4.79 Å². The summed E-state index contributed by atoms with van der Waals surface area (Å²) in [6.45, 7) is 7.85. The van der Waals surface area contributed by atoms with Crippen molar-refractivity contribution in [3.63, 3.8) is 0 Å². The number of nitrogens with one attached hydrogen (secondary N) is 1. The SMILES string of the molecule is Cc1cc(C)c(OCC(=O)OCC(=O)NC[C@@H](C)c2ccccc2)c(C)c1. The third-order valence-corrected chi connectivity index (χ3v) is 4.28. The van der Waals surface area contributed by atoms with Crippen molar-refractivity contribution >= 4 is 11.9 Å². The van der Waals surface area contributed by atoms with Crippen LogP contribution in [0, 0.1) is 20.8 Å². The summed E-state index contributed by atoms with van der Waals surface area (Å²) in [5.74, 6) is -0.0326. The lowest BCUT2D eigenvalue weighted by Gasteiger charge is -2.14. The zero-order valence-electron chi connectivity index (χ0n) is 16.4. The molecule has 0 aromatic heterocycles. The van der Waals surface area contributed by atoms with Crippen molar-refractivity contribution in [2.75, 3.05) is 19.8 Å². The number of hydrogen-bond acceptors (Lipinski definition) is 4. The molecule has 0 aliphatic rings. The van der Waals surface area contributed by atoms with Gasteiger partial charge >= 0.3 is 5.97 Å². The molecule has 0 spiro atoms. The lowest BCUT2D eigenvalue weighted by Crippen LogP contribution is -2.32. The Balaban J connectivity index is 1.71. The maximum atomic E-state index is 11.9. The molecule has 0 radical (unpaired) electrons. The van der Waals surface area contributed by atoms with Crippen LogP contribution in [-0.4, -0.2) is 31.6 Å². The molecule has 2 aromatic carbocycles. The molecular weight excluding hydrogens is 342 g/mol. The molecule has 27 heavy (non-hydrogen) atoms. The van der Waals surface area contributed by atoms with Crippen LogP contribution in [0.4, 0.5) is 0 Å². The standard InChI is InChI=1S/C22H27NO4/c1-15-10-16(2)22(17(3)11-15)27-14-21(25)26-13-20(24)23-12-18(4)19-8-6-5-7-9-19/h5-11,18H,12-14H2,1-4H3,(H,23,24)/t18-/m1/s1. The summed E-state index contributed by atoms with van der Waals surface area (Å²) < 4.78 is 10.6. The van der Waals surface area contributed by atoms with Crippen LogP contribution in [0.25, 0.3) is 0 Å². The monoisotopic (exact) mass is 369 g/mol. The third-order valence-electron chi connectivity index (χ3n) is 4.28. The van der Waals surface area contributed by atoms with Gasteiger partial charge in [0.05, 0.1) is 0 Å². The summed E-state index contributed by atoms with van der Waals surface area (Å²) in [7, 11) is 0. The Hall–Kier alpha value is -2.82. The second kappa shape index (κ2) is 9.76. The lowest BCUT2D eigenvalue weighted by atomic mass is 10.0. The highest BCUT2D eigenvalue weighted by molar-refractivity contribution is 5.81. The second-order valence-electron chi connectivity index (χ2n) is 6.79. The van der Waals surface area contributed by atoms with Crippen LogP contribution in [0.5, 0.6) is 5.75 Å². The van der Waals surface area contributed by atoms with E-state index in [0.717, 1.165) is 22.3 Å². The van der Waals surface area contributed by atoms with Gasteiger partial charge in [0.25, 0.3) is 5.91 Å². The van der Waals surface area contributed by atoms with E-state index in [2.05, 4.69) is 5.32 Å². The van der Waals surface area contributed by atoms with Crippen molar-refractivity contribution < 1.29 is 19.1 Å². The Morgan fingerprint density at radius 2 is 1.63 bits per heavy atom. The van der Waals surface area contributed by atoms with Gasteiger partial charge in [-0.15, -0.1) is 0 Å². The number of esters is 1. The highest BCUT2D eigenvalue weighted by atomic mass is 16.6. The van der Waals surface area contributed by atoms with Crippen molar-refractivity contribution in [2.24, 2.45) is 0 Å². The molecule has 1 amide bonds. The molecule has 0 aliphatic carbocycles. The fourth-order valence-electron chi connectivity index (χ4n) is 2.93. The van der Waals surface area contributed by atoms with Gasteiger partial charge in [-0.3, -0.25) is 4.79 Å². The normalized spacial score (nSPS) is 11.6. The molecular formula is C22H27NO4. The minimum absolute atomic E-state index is 0.182. The largest absolute Gasteiger partial charge is 0.481 e. The third kappa shape index (κ3) is 6.44. The van der Waals surface area contributed by atoms with Crippen LogP contribution in [0.2, 0.25) is 0 Å². The van der Waals surface area contributed by atoms with Crippen molar-refractivity contribution in [1.29, 1.82) is 0 Å². The quantitative estimate of drug-likeness (QED) is 0.724. The summed E-state index contributed by atoms with van der Waals surface area (Å²) in [4.78, 5) is 23.7. The molecule has 5 heteroatoms. The minimum atomic E-state index is -0.569. The number of carbonyl (C=O) groups is 2. The van der Waals surface area contributed by atoms with E-state index in [-0.39, 0.29) is 25.0 Å². The average Bonchev–Trinajstić information content (AvgIpc) is 2.64. The second-order valence-corrected chi connectivity index (χ2v) is 6.79. The molecule has 144 valence electrons. The van der Waals surface area contributed by atoms with Gasteiger partial charge < -0.3 is 14.8 Å². The number of benzene rings is 2. The van der Waals surface area contributed by atoms with Crippen molar-refractivity contribution in [3.05, 3.63) is 64.7 Å². The molecule has 0 heterocycles. The molecule has 2 aromatic rings. The summed E-state index contributed by atoms with van der Waals surface area (Å²) >= 11 is 0. The summed E-state index contributed by atoms with van der Waals surface area (Å²) in [5, 5.41) is 2.78. The number of carbonyl (C=O) groups excluding carboxylic acids is 2. The Morgan fingerprint density at radius 3 is 2.26 bits per heavy atom. The van der Waals surface area contributed by atoms with Crippen LogP contribution >= 0.6 is 0 Å². The number of ether oxygens (including phenoxy) is 2. The Bertz CT molecular complexity index is 763. The fraction of sp³-hybridized carbons (Fsp3) is 0.364. The molecule has 2 rings (SSSR count). The molecule has 0 unspecified atom stereocenters. The van der Waals surface area contributed by atoms with Gasteiger partial charge in [0.1, 0.15) is 5.75 Å². The molecule has 0 aliphatic heterocycles. The summed E-state index contributed by atoms with van der Waals surface area (Å²) in [5.41, 5.74) is 4.22. The van der Waals surface area contributed by atoms with Crippen LogP contribution in [0.15, 0.2) is 42.5 Å². The summed E-state index contributed by atoms with van der Waals surface area (Å²) in [6.07, 6.45) is 0.